The summed E-state index contributed by atoms with van der Waals surface area (Å²) in [6, 6.07) is 12.5. The summed E-state index contributed by atoms with van der Waals surface area (Å²) >= 11 is 1.68. The van der Waals surface area contributed by atoms with E-state index in [4.69, 9.17) is 0 Å². The van der Waals surface area contributed by atoms with E-state index < -0.39 is 0 Å². The van der Waals surface area contributed by atoms with E-state index in [1.54, 1.807) is 11.3 Å². The van der Waals surface area contributed by atoms with Gasteiger partial charge in [0.2, 0.25) is 0 Å². The number of fused-ring (bicyclic) bond motifs is 1. The summed E-state index contributed by atoms with van der Waals surface area (Å²) in [5.41, 5.74) is 1.90. The number of carbonyl (C=O) groups excluding carboxylic acids is 1. The number of amides is 1. The van der Waals surface area contributed by atoms with Crippen molar-refractivity contribution in [3.8, 4) is 10.4 Å². The SMILES string of the molecule is O=C(c1ccccc1-c1cccs1)N1CC2CCNCC21. The highest BCUT2D eigenvalue weighted by atomic mass is 32.1. The molecule has 0 saturated carbocycles. The number of hydrogen-bond acceptors (Lipinski definition) is 3. The van der Waals surface area contributed by atoms with E-state index in [1.165, 1.54) is 6.42 Å². The molecule has 1 amide bonds. The Kier molecular flexibility index (Phi) is 3.28. The van der Waals surface area contributed by atoms with Crippen molar-refractivity contribution in [3.05, 3.63) is 47.3 Å². The van der Waals surface area contributed by atoms with Gasteiger partial charge in [-0.3, -0.25) is 4.79 Å². The number of nitrogens with zero attached hydrogens (tertiary/aromatic N) is 1. The van der Waals surface area contributed by atoms with Gasteiger partial charge in [0, 0.05) is 35.1 Å². The molecule has 0 radical (unpaired) electrons. The lowest BCUT2D eigenvalue weighted by Crippen LogP contribution is -2.65. The Morgan fingerprint density at radius 2 is 2.14 bits per heavy atom. The van der Waals surface area contributed by atoms with Gasteiger partial charge in [0.15, 0.2) is 0 Å². The van der Waals surface area contributed by atoms with Crippen LogP contribution in [0.1, 0.15) is 16.8 Å². The van der Waals surface area contributed by atoms with Crippen LogP contribution >= 0.6 is 11.3 Å². The Morgan fingerprint density at radius 3 is 2.95 bits per heavy atom. The Hall–Kier alpha value is -1.65. The van der Waals surface area contributed by atoms with E-state index in [0.717, 1.165) is 35.6 Å². The maximum absolute atomic E-state index is 12.9. The lowest BCUT2D eigenvalue weighted by molar-refractivity contribution is 0.00288. The molecule has 3 nitrogen and oxygen atoms in total. The second-order valence-electron chi connectivity index (χ2n) is 5.80. The van der Waals surface area contributed by atoms with Gasteiger partial charge in [-0.1, -0.05) is 24.3 Å². The number of hydrogen-bond donors (Lipinski definition) is 1. The van der Waals surface area contributed by atoms with Crippen molar-refractivity contribution in [1.29, 1.82) is 0 Å². The number of likely N-dealkylation sites (tertiary alicyclic amines) is 1. The van der Waals surface area contributed by atoms with Gasteiger partial charge in [0.05, 0.1) is 0 Å². The third-order valence-corrected chi connectivity index (χ3v) is 5.53. The molecule has 0 aliphatic carbocycles. The second kappa shape index (κ2) is 5.28. The molecule has 2 saturated heterocycles. The summed E-state index contributed by atoms with van der Waals surface area (Å²) in [7, 11) is 0. The van der Waals surface area contributed by atoms with E-state index in [2.05, 4.69) is 22.8 Å². The molecule has 2 aliphatic rings. The van der Waals surface area contributed by atoms with Crippen LogP contribution in [0.15, 0.2) is 41.8 Å². The predicted octanol–water partition coefficient (Wildman–Crippen LogP) is 2.85. The quantitative estimate of drug-likeness (QED) is 0.924. The average Bonchev–Trinajstić information content (AvgIpc) is 3.02. The van der Waals surface area contributed by atoms with Crippen LogP contribution in [0.5, 0.6) is 0 Å². The van der Waals surface area contributed by atoms with E-state index >= 15 is 0 Å². The molecule has 4 heteroatoms. The summed E-state index contributed by atoms with van der Waals surface area (Å²) in [5.74, 6) is 0.882. The molecule has 2 atom stereocenters. The number of carbonyl (C=O) groups is 1. The van der Waals surface area contributed by atoms with Crippen molar-refractivity contribution in [2.45, 2.75) is 12.5 Å². The topological polar surface area (TPSA) is 32.3 Å². The van der Waals surface area contributed by atoms with Crippen molar-refractivity contribution < 1.29 is 4.79 Å². The average molecular weight is 298 g/mol. The molecule has 108 valence electrons. The Bertz CT molecular complexity index is 653. The van der Waals surface area contributed by atoms with Crippen LogP contribution in [-0.4, -0.2) is 36.5 Å². The lowest BCUT2D eigenvalue weighted by atomic mass is 9.82. The summed E-state index contributed by atoms with van der Waals surface area (Å²) < 4.78 is 0. The molecule has 2 aliphatic heterocycles. The van der Waals surface area contributed by atoms with E-state index in [0.29, 0.717) is 12.0 Å². The van der Waals surface area contributed by atoms with Gasteiger partial charge >= 0.3 is 0 Å². The highest BCUT2D eigenvalue weighted by molar-refractivity contribution is 7.13. The maximum atomic E-state index is 12.9. The molecule has 0 spiro atoms. The number of thiophene rings is 1. The first-order valence-electron chi connectivity index (χ1n) is 7.49. The molecule has 1 aromatic carbocycles. The van der Waals surface area contributed by atoms with Crippen molar-refractivity contribution in [2.24, 2.45) is 5.92 Å². The van der Waals surface area contributed by atoms with Crippen molar-refractivity contribution in [3.63, 3.8) is 0 Å². The summed E-state index contributed by atoms with van der Waals surface area (Å²) in [6.45, 7) is 2.95. The maximum Gasteiger partial charge on any atom is 0.254 e. The summed E-state index contributed by atoms with van der Waals surface area (Å²) in [5, 5.41) is 5.46. The van der Waals surface area contributed by atoms with Crippen LogP contribution in [-0.2, 0) is 0 Å². The first-order valence-corrected chi connectivity index (χ1v) is 8.37. The first-order chi connectivity index (χ1) is 10.3. The van der Waals surface area contributed by atoms with E-state index in [-0.39, 0.29) is 5.91 Å². The zero-order valence-electron chi connectivity index (χ0n) is 11.8. The first kappa shape index (κ1) is 13.0. The monoisotopic (exact) mass is 298 g/mol. The molecular formula is C17H18N2OS. The fourth-order valence-corrected chi connectivity index (χ4v) is 4.19. The molecule has 2 fully saturated rings. The second-order valence-corrected chi connectivity index (χ2v) is 6.75. The third-order valence-electron chi connectivity index (χ3n) is 4.63. The van der Waals surface area contributed by atoms with Gasteiger partial charge in [-0.05, 0) is 36.4 Å². The molecule has 3 heterocycles. The van der Waals surface area contributed by atoms with Crippen LogP contribution in [0.2, 0.25) is 0 Å². The van der Waals surface area contributed by atoms with E-state index in [1.807, 2.05) is 29.2 Å². The van der Waals surface area contributed by atoms with Crippen LogP contribution in [0.4, 0.5) is 0 Å². The zero-order chi connectivity index (χ0) is 14.2. The normalized spacial score (nSPS) is 24.3. The summed E-state index contributed by atoms with van der Waals surface area (Å²) in [6.07, 6.45) is 1.20. The molecule has 0 bridgehead atoms. The van der Waals surface area contributed by atoms with Gasteiger partial charge in [0.1, 0.15) is 0 Å². The largest absolute Gasteiger partial charge is 0.334 e. The lowest BCUT2D eigenvalue weighted by Gasteiger charge is -2.51. The standard InChI is InChI=1S/C17H18N2OS/c20-17(19-11-12-7-8-18-10-15(12)19)14-5-2-1-4-13(14)16-6-3-9-21-16/h1-6,9,12,15,18H,7-8,10-11H2. The van der Waals surface area contributed by atoms with Crippen molar-refractivity contribution in [2.75, 3.05) is 19.6 Å². The number of nitrogens with one attached hydrogen (secondary N) is 1. The zero-order valence-corrected chi connectivity index (χ0v) is 12.6. The number of piperidine rings is 1. The van der Waals surface area contributed by atoms with Gasteiger partial charge in [0.25, 0.3) is 5.91 Å². The Balaban J connectivity index is 1.63. The minimum Gasteiger partial charge on any atom is -0.334 e. The number of rotatable bonds is 2. The summed E-state index contributed by atoms with van der Waals surface area (Å²) in [4.78, 5) is 16.1. The van der Waals surface area contributed by atoms with Gasteiger partial charge in [-0.15, -0.1) is 11.3 Å². The predicted molar refractivity (Wildman–Crippen MR) is 85.6 cm³/mol. The minimum absolute atomic E-state index is 0.184. The molecule has 2 unspecified atom stereocenters. The van der Waals surface area contributed by atoms with Crippen LogP contribution in [0, 0.1) is 5.92 Å². The highest BCUT2D eigenvalue weighted by Gasteiger charge is 2.43. The van der Waals surface area contributed by atoms with Gasteiger partial charge in [-0.2, -0.15) is 0 Å². The van der Waals surface area contributed by atoms with Crippen LogP contribution in [0.3, 0.4) is 0 Å². The van der Waals surface area contributed by atoms with Crippen LogP contribution < -0.4 is 5.32 Å². The molecule has 2 aromatic rings. The minimum atomic E-state index is 0.184. The molecule has 21 heavy (non-hydrogen) atoms. The fraction of sp³-hybridized carbons (Fsp3) is 0.353. The molecule has 1 N–H and O–H groups in total. The van der Waals surface area contributed by atoms with Gasteiger partial charge in [-0.25, -0.2) is 0 Å². The fourth-order valence-electron chi connectivity index (χ4n) is 3.43. The smallest absolute Gasteiger partial charge is 0.254 e. The number of benzene rings is 1. The van der Waals surface area contributed by atoms with Crippen LogP contribution in [0.25, 0.3) is 10.4 Å². The van der Waals surface area contributed by atoms with Gasteiger partial charge < -0.3 is 10.2 Å². The van der Waals surface area contributed by atoms with Crippen molar-refractivity contribution in [1.82, 2.24) is 10.2 Å². The molecule has 1 aromatic heterocycles. The Morgan fingerprint density at radius 1 is 1.24 bits per heavy atom. The highest BCUT2D eigenvalue weighted by Crippen LogP contribution is 2.34. The Labute approximate surface area is 128 Å². The van der Waals surface area contributed by atoms with Crippen molar-refractivity contribution >= 4 is 17.2 Å². The van der Waals surface area contributed by atoms with E-state index in [9.17, 15) is 4.79 Å². The molecule has 4 rings (SSSR count). The molecular weight excluding hydrogens is 280 g/mol. The third kappa shape index (κ3) is 2.19.